The quantitative estimate of drug-likeness (QED) is 0.399. The van der Waals surface area contributed by atoms with Gasteiger partial charge in [0.05, 0.1) is 0 Å². The van der Waals surface area contributed by atoms with Crippen molar-refractivity contribution >= 4 is 30.2 Å². The zero-order chi connectivity index (χ0) is 16.7. The van der Waals surface area contributed by atoms with E-state index in [-0.39, 0.29) is 26.1 Å². The van der Waals surface area contributed by atoms with Gasteiger partial charge in [0.2, 0.25) is 0 Å². The molecule has 0 aliphatic heterocycles. The van der Waals surface area contributed by atoms with Crippen LogP contribution in [-0.2, 0) is 4.74 Å². The molecule has 24 heavy (non-hydrogen) atoms. The van der Waals surface area contributed by atoms with E-state index < -0.39 is 5.97 Å². The number of methoxy groups -OCH3 is 1. The van der Waals surface area contributed by atoms with Crippen LogP contribution in [0.25, 0.3) is 26.9 Å². The predicted octanol–water partition coefficient (Wildman–Crippen LogP) is 3.27. The number of aromatic nitrogens is 2. The summed E-state index contributed by atoms with van der Waals surface area (Å²) in [6.07, 6.45) is 0. The van der Waals surface area contributed by atoms with Crippen molar-refractivity contribution in [2.45, 2.75) is 0 Å². The molecular weight excluding hydrogens is 378 g/mol. The van der Waals surface area contributed by atoms with Gasteiger partial charge in [0, 0.05) is 0 Å². The second kappa shape index (κ2) is 5.78. The normalized spacial score (nSPS) is 11.1. The van der Waals surface area contributed by atoms with Gasteiger partial charge >= 0.3 is 142 Å². The van der Waals surface area contributed by atoms with Crippen LogP contribution in [0.15, 0.2) is 51.8 Å². The van der Waals surface area contributed by atoms with E-state index in [4.69, 9.17) is 4.42 Å². The molecule has 0 aliphatic carbocycles. The summed E-state index contributed by atoms with van der Waals surface area (Å²) in [5.41, 5.74) is 2.41. The topological polar surface area (TPSA) is 57.3 Å². The summed E-state index contributed by atoms with van der Waals surface area (Å²) >= 11 is 0.126. The molecule has 0 aliphatic rings. The minimum absolute atomic E-state index is 0.126. The first kappa shape index (κ1) is 14.9. The van der Waals surface area contributed by atoms with Crippen molar-refractivity contribution in [3.63, 3.8) is 0 Å². The summed E-state index contributed by atoms with van der Waals surface area (Å²) in [6, 6.07) is 11.4. The number of hydrogen-bond acceptors (Lipinski definition) is 4. The molecule has 4 rings (SSSR count). The van der Waals surface area contributed by atoms with E-state index in [9.17, 15) is 9.18 Å². The molecule has 0 saturated heterocycles. The van der Waals surface area contributed by atoms with Crippen LogP contribution in [0.2, 0.25) is 0 Å². The van der Waals surface area contributed by atoms with E-state index in [0.29, 0.717) is 11.5 Å². The van der Waals surface area contributed by atoms with Gasteiger partial charge in [-0.15, -0.1) is 0 Å². The molecule has 3 heterocycles. The SMILES string of the molecule is COC(=O)c1ccc(-c2nn(-c3ccc(F)cc3)c3cc[se]c23)o1. The second-order valence-corrected chi connectivity index (χ2v) is 6.95. The Balaban J connectivity index is 1.85. The van der Waals surface area contributed by atoms with Crippen molar-refractivity contribution in [1.29, 1.82) is 0 Å². The Morgan fingerprint density at radius 1 is 1.21 bits per heavy atom. The molecule has 0 bridgehead atoms. The molecular formula is C17H11FN2O3Se. The predicted molar refractivity (Wildman–Crippen MR) is 87.0 cm³/mol. The Kier molecular flexibility index (Phi) is 3.59. The molecule has 0 radical (unpaired) electrons. The van der Waals surface area contributed by atoms with Crippen LogP contribution in [0, 0.1) is 5.82 Å². The van der Waals surface area contributed by atoms with Crippen LogP contribution in [0.3, 0.4) is 0 Å². The maximum atomic E-state index is 13.2. The summed E-state index contributed by atoms with van der Waals surface area (Å²) in [5.74, 6) is -0.176. The third-order valence-corrected chi connectivity index (χ3v) is 5.49. The molecule has 0 amide bonds. The number of esters is 1. The third-order valence-electron chi connectivity index (χ3n) is 3.58. The fourth-order valence-electron chi connectivity index (χ4n) is 2.46. The van der Waals surface area contributed by atoms with Gasteiger partial charge in [0.15, 0.2) is 0 Å². The Hall–Kier alpha value is -2.63. The van der Waals surface area contributed by atoms with Crippen molar-refractivity contribution < 1.29 is 18.3 Å². The molecule has 0 saturated carbocycles. The number of furan rings is 1. The Morgan fingerprint density at radius 2 is 2.00 bits per heavy atom. The van der Waals surface area contributed by atoms with Gasteiger partial charge in [-0.2, -0.15) is 0 Å². The summed E-state index contributed by atoms with van der Waals surface area (Å²) in [7, 11) is 1.30. The van der Waals surface area contributed by atoms with E-state index in [2.05, 4.69) is 14.8 Å². The van der Waals surface area contributed by atoms with E-state index in [1.165, 1.54) is 19.2 Å². The zero-order valence-electron chi connectivity index (χ0n) is 12.5. The van der Waals surface area contributed by atoms with Crippen LogP contribution in [0.1, 0.15) is 10.6 Å². The van der Waals surface area contributed by atoms with E-state index in [1.54, 1.807) is 28.9 Å². The molecule has 5 nitrogen and oxygen atoms in total. The Morgan fingerprint density at radius 3 is 2.75 bits per heavy atom. The zero-order valence-corrected chi connectivity index (χ0v) is 14.2. The third kappa shape index (κ3) is 2.38. The van der Waals surface area contributed by atoms with Gasteiger partial charge in [-0.05, 0) is 0 Å². The standard InChI is InChI=1S/C17H11FN2O3Se/c1-22-17(21)14-7-6-13(23-14)15-16-12(8-9-24-16)20(19-15)11-4-2-10(18)3-5-11/h2-9H,1H3. The molecule has 1 aromatic carbocycles. The minimum atomic E-state index is -0.528. The number of nitrogens with zero attached hydrogens (tertiary/aromatic N) is 2. The number of benzene rings is 1. The second-order valence-electron chi connectivity index (χ2n) is 5.03. The van der Waals surface area contributed by atoms with E-state index in [1.807, 2.05) is 6.07 Å². The first-order valence-corrected chi connectivity index (χ1v) is 8.92. The number of carbonyl (C=O) groups excluding carboxylic acids is 1. The van der Waals surface area contributed by atoms with Crippen LogP contribution in [-0.4, -0.2) is 37.4 Å². The van der Waals surface area contributed by atoms with Crippen molar-refractivity contribution in [3.05, 3.63) is 59.0 Å². The van der Waals surface area contributed by atoms with Gasteiger partial charge in [-0.1, -0.05) is 0 Å². The van der Waals surface area contributed by atoms with Gasteiger partial charge in [-0.3, -0.25) is 0 Å². The molecule has 0 unspecified atom stereocenters. The van der Waals surface area contributed by atoms with Gasteiger partial charge < -0.3 is 0 Å². The van der Waals surface area contributed by atoms with Gasteiger partial charge in [0.1, 0.15) is 0 Å². The first-order chi connectivity index (χ1) is 11.7. The fraction of sp³-hybridized carbons (Fsp3) is 0.0588. The fourth-order valence-corrected chi connectivity index (χ4v) is 4.27. The monoisotopic (exact) mass is 390 g/mol. The number of rotatable bonds is 3. The molecule has 0 fully saturated rings. The van der Waals surface area contributed by atoms with Gasteiger partial charge in [-0.25, -0.2) is 0 Å². The van der Waals surface area contributed by atoms with Gasteiger partial charge in [0.25, 0.3) is 0 Å². The first-order valence-electron chi connectivity index (χ1n) is 7.08. The van der Waals surface area contributed by atoms with Crippen LogP contribution < -0.4 is 0 Å². The molecule has 0 atom stereocenters. The number of fused-ring (bicyclic) bond motifs is 1. The number of ether oxygens (including phenoxy) is 1. The average Bonchev–Trinajstić information content (AvgIpc) is 3.31. The van der Waals surface area contributed by atoms with Crippen LogP contribution in [0.4, 0.5) is 4.39 Å². The number of hydrogen-bond donors (Lipinski definition) is 0. The van der Waals surface area contributed by atoms with Crippen molar-refractivity contribution in [3.8, 4) is 17.1 Å². The molecule has 120 valence electrons. The van der Waals surface area contributed by atoms with Crippen LogP contribution >= 0.6 is 0 Å². The molecule has 0 N–H and O–H groups in total. The summed E-state index contributed by atoms with van der Waals surface area (Å²) in [6.45, 7) is 0. The average molecular weight is 389 g/mol. The molecule has 4 aromatic rings. The van der Waals surface area contributed by atoms with Crippen LogP contribution in [0.5, 0.6) is 0 Å². The molecule has 0 spiro atoms. The molecule has 7 heteroatoms. The van der Waals surface area contributed by atoms with E-state index >= 15 is 0 Å². The maximum absolute atomic E-state index is 13.2. The summed E-state index contributed by atoms with van der Waals surface area (Å²) in [5, 5.41) is 4.61. The van der Waals surface area contributed by atoms with Crippen molar-refractivity contribution in [2.75, 3.05) is 7.11 Å². The Bertz CT molecular complexity index is 1030. The molecule has 3 aromatic heterocycles. The number of carbonyl (C=O) groups is 1. The van der Waals surface area contributed by atoms with Crippen molar-refractivity contribution in [2.24, 2.45) is 0 Å². The number of halogens is 1. The van der Waals surface area contributed by atoms with Crippen molar-refractivity contribution in [1.82, 2.24) is 9.78 Å². The summed E-state index contributed by atoms with van der Waals surface area (Å²) < 4.78 is 26.2. The summed E-state index contributed by atoms with van der Waals surface area (Å²) in [4.78, 5) is 13.7. The van der Waals surface area contributed by atoms with E-state index in [0.717, 1.165) is 15.5 Å². The Labute approximate surface area is 142 Å².